The molecule has 0 aromatic heterocycles. The number of carbonyl (C=O) groups is 2. The number of hydrogen-bond donors (Lipinski definition) is 0. The molecular formula is C10H10N2O4. The topological polar surface area (TPSA) is 79.6 Å². The molecule has 0 aliphatic carbocycles. The molecule has 2 heterocycles. The summed E-state index contributed by atoms with van der Waals surface area (Å²) in [6.07, 6.45) is 1.01. The highest BCUT2D eigenvalue weighted by molar-refractivity contribution is 5.94. The first-order valence-corrected chi connectivity index (χ1v) is 4.84. The van der Waals surface area contributed by atoms with E-state index in [0.717, 1.165) is 4.90 Å². The number of nitriles is 1. The van der Waals surface area contributed by atoms with E-state index < -0.39 is 12.3 Å². The maximum atomic E-state index is 11.6. The van der Waals surface area contributed by atoms with Gasteiger partial charge in [0.25, 0.3) is 0 Å². The number of likely N-dealkylation sites (tertiary alicyclic amines) is 1. The van der Waals surface area contributed by atoms with Crippen molar-refractivity contribution in [1.82, 2.24) is 4.90 Å². The van der Waals surface area contributed by atoms with E-state index in [0.29, 0.717) is 6.42 Å². The van der Waals surface area contributed by atoms with Crippen molar-refractivity contribution in [3.05, 3.63) is 11.8 Å². The van der Waals surface area contributed by atoms with E-state index in [9.17, 15) is 9.59 Å². The predicted molar refractivity (Wildman–Crippen MR) is 50.5 cm³/mol. The zero-order valence-corrected chi connectivity index (χ0v) is 8.67. The highest BCUT2D eigenvalue weighted by atomic mass is 16.6. The predicted octanol–water partition coefficient (Wildman–Crippen LogP) is 0.755. The Morgan fingerprint density at radius 1 is 1.75 bits per heavy atom. The van der Waals surface area contributed by atoms with Gasteiger partial charge in [-0.3, -0.25) is 4.79 Å². The van der Waals surface area contributed by atoms with Crippen LogP contribution in [0.1, 0.15) is 12.8 Å². The molecule has 2 atom stereocenters. The number of carbonyl (C=O) groups excluding carboxylic acids is 2. The van der Waals surface area contributed by atoms with E-state index in [1.165, 1.54) is 7.11 Å². The third kappa shape index (κ3) is 1.50. The molecule has 16 heavy (non-hydrogen) atoms. The Morgan fingerprint density at radius 3 is 3.12 bits per heavy atom. The lowest BCUT2D eigenvalue weighted by molar-refractivity contribution is -0.131. The number of hydrogen-bond acceptors (Lipinski definition) is 5. The maximum absolute atomic E-state index is 11.6. The van der Waals surface area contributed by atoms with Crippen LogP contribution in [0.5, 0.6) is 0 Å². The van der Waals surface area contributed by atoms with Crippen LogP contribution in [0.2, 0.25) is 0 Å². The van der Waals surface area contributed by atoms with Crippen molar-refractivity contribution in [2.45, 2.75) is 19.1 Å². The fourth-order valence-electron chi connectivity index (χ4n) is 1.94. The van der Waals surface area contributed by atoms with Crippen molar-refractivity contribution in [1.29, 1.82) is 5.26 Å². The molecule has 2 rings (SSSR count). The SMILES string of the molecule is COC(=O)N1C(=O)CC2CC=C(C#N)OC21. The molecule has 0 N–H and O–H groups in total. The van der Waals surface area contributed by atoms with Crippen molar-refractivity contribution in [3.8, 4) is 6.07 Å². The molecule has 2 unspecified atom stereocenters. The minimum atomic E-state index is -0.739. The number of rotatable bonds is 0. The molecule has 0 saturated carbocycles. The molecule has 2 aliphatic rings. The molecule has 1 saturated heterocycles. The van der Waals surface area contributed by atoms with Gasteiger partial charge in [-0.15, -0.1) is 0 Å². The van der Waals surface area contributed by atoms with E-state index in [1.54, 1.807) is 6.08 Å². The zero-order valence-electron chi connectivity index (χ0n) is 8.67. The molecule has 0 aromatic carbocycles. The van der Waals surface area contributed by atoms with Crippen molar-refractivity contribution in [2.24, 2.45) is 5.92 Å². The van der Waals surface area contributed by atoms with Gasteiger partial charge in [0.05, 0.1) is 7.11 Å². The van der Waals surface area contributed by atoms with E-state index in [4.69, 9.17) is 10.00 Å². The Balaban J connectivity index is 2.23. The van der Waals surface area contributed by atoms with E-state index in [1.807, 2.05) is 6.07 Å². The Hall–Kier alpha value is -2.03. The van der Waals surface area contributed by atoms with Crippen LogP contribution in [-0.2, 0) is 14.3 Å². The van der Waals surface area contributed by atoms with Crippen molar-refractivity contribution < 1.29 is 19.1 Å². The molecule has 0 bridgehead atoms. The number of ether oxygens (including phenoxy) is 2. The van der Waals surface area contributed by atoms with Crippen LogP contribution in [0.25, 0.3) is 0 Å². The van der Waals surface area contributed by atoms with Crippen LogP contribution in [-0.4, -0.2) is 30.2 Å². The highest BCUT2D eigenvalue weighted by Crippen LogP contribution is 2.34. The molecule has 0 radical (unpaired) electrons. The smallest absolute Gasteiger partial charge is 0.419 e. The Bertz CT molecular complexity index is 410. The molecule has 2 aliphatic heterocycles. The first-order valence-electron chi connectivity index (χ1n) is 4.84. The zero-order chi connectivity index (χ0) is 11.7. The quantitative estimate of drug-likeness (QED) is 0.604. The average Bonchev–Trinajstić information content (AvgIpc) is 2.63. The summed E-state index contributed by atoms with van der Waals surface area (Å²) in [6, 6.07) is 1.86. The summed E-state index contributed by atoms with van der Waals surface area (Å²) in [5, 5.41) is 8.70. The minimum Gasteiger partial charge on any atom is -0.460 e. The van der Waals surface area contributed by atoms with Crippen LogP contribution < -0.4 is 0 Å². The summed E-state index contributed by atoms with van der Waals surface area (Å²) in [4.78, 5) is 23.9. The van der Waals surface area contributed by atoms with Crippen molar-refractivity contribution in [3.63, 3.8) is 0 Å². The van der Waals surface area contributed by atoms with Gasteiger partial charge in [0.1, 0.15) is 6.07 Å². The van der Waals surface area contributed by atoms with Crippen LogP contribution in [0.4, 0.5) is 4.79 Å². The van der Waals surface area contributed by atoms with E-state index in [2.05, 4.69) is 4.74 Å². The van der Waals surface area contributed by atoms with Crippen molar-refractivity contribution >= 4 is 12.0 Å². The van der Waals surface area contributed by atoms with Gasteiger partial charge in [-0.2, -0.15) is 5.26 Å². The van der Waals surface area contributed by atoms with Gasteiger partial charge in [0, 0.05) is 12.3 Å². The van der Waals surface area contributed by atoms with Gasteiger partial charge in [-0.1, -0.05) is 0 Å². The van der Waals surface area contributed by atoms with E-state index >= 15 is 0 Å². The third-order valence-electron chi connectivity index (χ3n) is 2.70. The van der Waals surface area contributed by atoms with E-state index in [-0.39, 0.29) is 24.0 Å². The summed E-state index contributed by atoms with van der Waals surface area (Å²) in [6.45, 7) is 0. The molecule has 2 amide bonds. The van der Waals surface area contributed by atoms with Crippen LogP contribution in [0, 0.1) is 17.2 Å². The van der Waals surface area contributed by atoms with Crippen molar-refractivity contribution in [2.75, 3.05) is 7.11 Å². The van der Waals surface area contributed by atoms with Crippen LogP contribution in [0.15, 0.2) is 11.8 Å². The molecule has 6 heteroatoms. The average molecular weight is 222 g/mol. The fourth-order valence-corrected chi connectivity index (χ4v) is 1.94. The number of methoxy groups -OCH3 is 1. The molecule has 6 nitrogen and oxygen atoms in total. The van der Waals surface area contributed by atoms with Crippen LogP contribution in [0.3, 0.4) is 0 Å². The number of amides is 2. The van der Waals surface area contributed by atoms with Gasteiger partial charge in [-0.25, -0.2) is 9.69 Å². The van der Waals surface area contributed by atoms with Gasteiger partial charge in [0.2, 0.25) is 5.91 Å². The second-order valence-electron chi connectivity index (χ2n) is 3.62. The molecule has 0 spiro atoms. The summed E-state index contributed by atoms with van der Waals surface area (Å²) < 4.78 is 9.78. The number of fused-ring (bicyclic) bond motifs is 1. The largest absolute Gasteiger partial charge is 0.460 e. The molecular weight excluding hydrogens is 212 g/mol. The lowest BCUT2D eigenvalue weighted by Crippen LogP contribution is -2.42. The summed E-state index contributed by atoms with van der Waals surface area (Å²) in [5.74, 6) is -0.261. The third-order valence-corrected chi connectivity index (χ3v) is 2.70. The van der Waals surface area contributed by atoms with Crippen LogP contribution >= 0.6 is 0 Å². The number of imide groups is 1. The first-order chi connectivity index (χ1) is 7.67. The second-order valence-corrected chi connectivity index (χ2v) is 3.62. The summed E-state index contributed by atoms with van der Waals surface area (Å²) >= 11 is 0. The van der Waals surface area contributed by atoms with Gasteiger partial charge in [-0.05, 0) is 12.5 Å². The minimum absolute atomic E-state index is 0.0799. The first kappa shape index (κ1) is 10.5. The molecule has 0 aromatic rings. The normalized spacial score (nSPS) is 27.6. The maximum Gasteiger partial charge on any atom is 0.419 e. The summed E-state index contributed by atoms with van der Waals surface area (Å²) in [5.41, 5.74) is 0. The highest BCUT2D eigenvalue weighted by Gasteiger charge is 2.47. The van der Waals surface area contributed by atoms with Gasteiger partial charge >= 0.3 is 6.09 Å². The lowest BCUT2D eigenvalue weighted by Gasteiger charge is -2.28. The number of nitrogens with zero attached hydrogens (tertiary/aromatic N) is 2. The number of allylic oxidation sites excluding steroid dienone is 2. The van der Waals surface area contributed by atoms with Gasteiger partial charge in [0.15, 0.2) is 12.0 Å². The second kappa shape index (κ2) is 3.85. The lowest BCUT2D eigenvalue weighted by atomic mass is 10.0. The molecule has 84 valence electrons. The fraction of sp³-hybridized carbons (Fsp3) is 0.500. The Morgan fingerprint density at radius 2 is 2.50 bits per heavy atom. The standard InChI is InChI=1S/C10H10N2O4/c1-15-10(14)12-8(13)4-6-2-3-7(5-11)16-9(6)12/h3,6,9H,2,4H2,1H3. The van der Waals surface area contributed by atoms with Gasteiger partial charge < -0.3 is 9.47 Å². The molecule has 1 fully saturated rings. The monoisotopic (exact) mass is 222 g/mol. The Labute approximate surface area is 92.0 Å². The Kier molecular flexibility index (Phi) is 2.52. The summed E-state index contributed by atoms with van der Waals surface area (Å²) in [7, 11) is 1.20.